The maximum absolute atomic E-state index is 4.63. The molecule has 0 aliphatic rings. The highest BCUT2D eigenvalue weighted by atomic mass is 32.1. The molecule has 5 aromatic heterocycles. The Kier molecular flexibility index (Phi) is 2.91. The van der Waals surface area contributed by atoms with Crippen LogP contribution < -0.4 is 0 Å². The van der Waals surface area contributed by atoms with Gasteiger partial charge >= 0.3 is 0 Å². The van der Waals surface area contributed by atoms with E-state index in [1.807, 2.05) is 41.3 Å². The van der Waals surface area contributed by atoms with E-state index in [1.165, 1.54) is 51.2 Å². The summed E-state index contributed by atoms with van der Waals surface area (Å²) in [4.78, 5) is 9.06. The standard InChI is InChI=1S/C26H13N3S2/c1-2-4-20-15(3-1)24-21(30-20)5-6-22-25(24)17-11-16-18-13-27-8-7-14(18)26-28-9-10-29(26)19(16)12-23(17)31-22/h1-13H. The molecule has 0 aliphatic heterocycles. The van der Waals surface area contributed by atoms with Crippen LogP contribution in [0.15, 0.2) is 79.4 Å². The van der Waals surface area contributed by atoms with Crippen molar-refractivity contribution in [3.63, 3.8) is 0 Å². The van der Waals surface area contributed by atoms with Crippen molar-refractivity contribution >= 4 is 90.3 Å². The molecule has 3 nitrogen and oxygen atoms in total. The third-order valence-electron chi connectivity index (χ3n) is 6.34. The predicted octanol–water partition coefficient (Wildman–Crippen LogP) is 7.77. The van der Waals surface area contributed by atoms with Crippen molar-refractivity contribution in [2.75, 3.05) is 0 Å². The summed E-state index contributed by atoms with van der Waals surface area (Å²) in [6.45, 7) is 0. The van der Waals surface area contributed by atoms with E-state index in [1.54, 1.807) is 0 Å². The van der Waals surface area contributed by atoms with Crippen LogP contribution in [0.25, 0.3) is 67.7 Å². The van der Waals surface area contributed by atoms with Crippen LogP contribution in [-0.4, -0.2) is 14.4 Å². The zero-order chi connectivity index (χ0) is 20.1. The number of pyridine rings is 2. The summed E-state index contributed by atoms with van der Waals surface area (Å²) in [7, 11) is 0. The molecule has 0 saturated carbocycles. The van der Waals surface area contributed by atoms with Gasteiger partial charge in [0.25, 0.3) is 0 Å². The van der Waals surface area contributed by atoms with Gasteiger partial charge in [0.1, 0.15) is 5.65 Å². The maximum Gasteiger partial charge on any atom is 0.145 e. The number of rotatable bonds is 0. The first kappa shape index (κ1) is 16.2. The lowest BCUT2D eigenvalue weighted by atomic mass is 10.0. The molecule has 31 heavy (non-hydrogen) atoms. The Morgan fingerprint density at radius 3 is 2.42 bits per heavy atom. The minimum Gasteiger partial charge on any atom is -0.299 e. The molecule has 0 fully saturated rings. The molecule has 0 N–H and O–H groups in total. The highest BCUT2D eigenvalue weighted by Gasteiger charge is 2.16. The lowest BCUT2D eigenvalue weighted by molar-refractivity contribution is 1.27. The van der Waals surface area contributed by atoms with E-state index in [4.69, 9.17) is 0 Å². The van der Waals surface area contributed by atoms with E-state index in [2.05, 4.69) is 75.2 Å². The average molecular weight is 432 g/mol. The van der Waals surface area contributed by atoms with Gasteiger partial charge in [-0.1, -0.05) is 18.2 Å². The van der Waals surface area contributed by atoms with Crippen LogP contribution in [0.1, 0.15) is 0 Å². The smallest absolute Gasteiger partial charge is 0.145 e. The zero-order valence-corrected chi connectivity index (χ0v) is 17.8. The molecular formula is C26H13N3S2. The third kappa shape index (κ3) is 1.98. The van der Waals surface area contributed by atoms with Crippen LogP contribution in [0, 0.1) is 0 Å². The van der Waals surface area contributed by atoms with E-state index in [0.29, 0.717) is 0 Å². The number of aromatic nitrogens is 3. The summed E-state index contributed by atoms with van der Waals surface area (Å²) in [6.07, 6.45) is 7.76. The van der Waals surface area contributed by atoms with Crippen molar-refractivity contribution in [2.45, 2.75) is 0 Å². The van der Waals surface area contributed by atoms with Gasteiger partial charge in [0, 0.05) is 81.3 Å². The van der Waals surface area contributed by atoms with E-state index >= 15 is 0 Å². The summed E-state index contributed by atoms with van der Waals surface area (Å²) < 4.78 is 7.55. The summed E-state index contributed by atoms with van der Waals surface area (Å²) in [5.74, 6) is 0. The number of thiophene rings is 2. The van der Waals surface area contributed by atoms with Crippen LogP contribution >= 0.6 is 22.7 Å². The Morgan fingerprint density at radius 1 is 0.645 bits per heavy atom. The molecule has 5 heterocycles. The molecule has 0 spiro atoms. The van der Waals surface area contributed by atoms with Crippen LogP contribution in [-0.2, 0) is 0 Å². The van der Waals surface area contributed by atoms with Crippen LogP contribution in [0.2, 0.25) is 0 Å². The Morgan fingerprint density at radius 2 is 1.48 bits per heavy atom. The van der Waals surface area contributed by atoms with Gasteiger partial charge in [0.2, 0.25) is 0 Å². The van der Waals surface area contributed by atoms with Crippen molar-refractivity contribution < 1.29 is 0 Å². The van der Waals surface area contributed by atoms with Gasteiger partial charge in [-0.25, -0.2) is 4.98 Å². The van der Waals surface area contributed by atoms with E-state index in [-0.39, 0.29) is 0 Å². The van der Waals surface area contributed by atoms with Gasteiger partial charge in [0.15, 0.2) is 0 Å². The first-order chi connectivity index (χ1) is 15.4. The number of nitrogens with zero attached hydrogens (tertiary/aromatic N) is 3. The van der Waals surface area contributed by atoms with Crippen molar-refractivity contribution in [3.05, 3.63) is 79.4 Å². The number of hydrogen-bond acceptors (Lipinski definition) is 4. The molecule has 3 aromatic carbocycles. The van der Waals surface area contributed by atoms with Crippen LogP contribution in [0.4, 0.5) is 0 Å². The molecule has 8 aromatic rings. The van der Waals surface area contributed by atoms with Crippen LogP contribution in [0.3, 0.4) is 0 Å². The highest BCUT2D eigenvalue weighted by Crippen LogP contribution is 2.45. The van der Waals surface area contributed by atoms with Crippen molar-refractivity contribution in [2.24, 2.45) is 0 Å². The second kappa shape index (κ2) is 5.58. The molecule has 8 rings (SSSR count). The van der Waals surface area contributed by atoms with Gasteiger partial charge in [0.05, 0.1) is 5.52 Å². The Labute approximate surface area is 183 Å². The molecule has 0 radical (unpaired) electrons. The fourth-order valence-corrected chi connectivity index (χ4v) is 7.28. The van der Waals surface area contributed by atoms with E-state index in [0.717, 1.165) is 16.4 Å². The topological polar surface area (TPSA) is 30.2 Å². The first-order valence-corrected chi connectivity index (χ1v) is 11.8. The number of imidazole rings is 1. The minimum atomic E-state index is 0.983. The van der Waals surface area contributed by atoms with Crippen molar-refractivity contribution in [1.82, 2.24) is 14.4 Å². The Hall–Kier alpha value is -3.54. The monoisotopic (exact) mass is 431 g/mol. The van der Waals surface area contributed by atoms with Crippen molar-refractivity contribution in [1.29, 1.82) is 0 Å². The van der Waals surface area contributed by atoms with Gasteiger partial charge < -0.3 is 0 Å². The highest BCUT2D eigenvalue weighted by molar-refractivity contribution is 7.28. The summed E-state index contributed by atoms with van der Waals surface area (Å²) in [5, 5.41) is 8.94. The van der Waals surface area contributed by atoms with Gasteiger partial charge in [-0.2, -0.15) is 0 Å². The molecule has 0 bridgehead atoms. The second-order valence-electron chi connectivity index (χ2n) is 7.92. The summed E-state index contributed by atoms with van der Waals surface area (Å²) >= 11 is 3.76. The lowest BCUT2D eigenvalue weighted by Gasteiger charge is -2.08. The second-order valence-corrected chi connectivity index (χ2v) is 10.1. The quantitative estimate of drug-likeness (QED) is 0.230. The lowest BCUT2D eigenvalue weighted by Crippen LogP contribution is -1.90. The minimum absolute atomic E-state index is 0.983. The van der Waals surface area contributed by atoms with Crippen molar-refractivity contribution in [3.8, 4) is 0 Å². The van der Waals surface area contributed by atoms with Gasteiger partial charge in [-0.15, -0.1) is 22.7 Å². The van der Waals surface area contributed by atoms with Gasteiger partial charge in [-0.05, 0) is 36.4 Å². The van der Waals surface area contributed by atoms with E-state index < -0.39 is 0 Å². The number of benzene rings is 3. The SMILES string of the molecule is c1ccc2c(c1)sc1ccc3sc4cc5c(cc4c3c12)c1cnccc1c1nccn51. The largest absolute Gasteiger partial charge is 0.299 e. The number of hydrogen-bond donors (Lipinski definition) is 0. The van der Waals surface area contributed by atoms with Gasteiger partial charge in [-0.3, -0.25) is 9.38 Å². The van der Waals surface area contributed by atoms with E-state index in [9.17, 15) is 0 Å². The van der Waals surface area contributed by atoms with Crippen LogP contribution in [0.5, 0.6) is 0 Å². The Balaban J connectivity index is 1.67. The molecule has 5 heteroatoms. The first-order valence-electron chi connectivity index (χ1n) is 10.2. The molecule has 0 saturated heterocycles. The fourth-order valence-electron chi connectivity index (χ4n) is 5.03. The molecule has 0 atom stereocenters. The molecule has 0 unspecified atom stereocenters. The fraction of sp³-hybridized carbons (Fsp3) is 0. The number of fused-ring (bicyclic) bond motifs is 13. The third-order valence-corrected chi connectivity index (χ3v) is 8.60. The molecule has 144 valence electrons. The zero-order valence-electron chi connectivity index (χ0n) is 16.2. The summed E-state index contributed by atoms with van der Waals surface area (Å²) in [5.41, 5.74) is 2.16. The Bertz CT molecular complexity index is 2010. The molecule has 0 amide bonds. The normalized spacial score (nSPS) is 12.5. The summed E-state index contributed by atoms with van der Waals surface area (Å²) in [6, 6.07) is 20.1. The predicted molar refractivity (Wildman–Crippen MR) is 134 cm³/mol. The molecular weight excluding hydrogens is 418 g/mol. The molecule has 0 aliphatic carbocycles. The maximum atomic E-state index is 4.63. The average Bonchev–Trinajstić information content (AvgIpc) is 3.52.